The predicted molar refractivity (Wildman–Crippen MR) is 49.9 cm³/mol. The van der Waals surface area contributed by atoms with Gasteiger partial charge in [0, 0.05) is 12.6 Å². The SMILES string of the molecule is CCC1CCCCN1C(=O)CC#N. The van der Waals surface area contributed by atoms with Crippen molar-refractivity contribution in [2.75, 3.05) is 6.54 Å². The monoisotopic (exact) mass is 180 g/mol. The van der Waals surface area contributed by atoms with Gasteiger partial charge in [-0.15, -0.1) is 0 Å². The maximum Gasteiger partial charge on any atom is 0.237 e. The summed E-state index contributed by atoms with van der Waals surface area (Å²) >= 11 is 0. The van der Waals surface area contributed by atoms with Gasteiger partial charge in [-0.25, -0.2) is 0 Å². The summed E-state index contributed by atoms with van der Waals surface area (Å²) in [6.07, 6.45) is 4.46. The van der Waals surface area contributed by atoms with Crippen LogP contribution in [-0.4, -0.2) is 23.4 Å². The Morgan fingerprint density at radius 3 is 3.00 bits per heavy atom. The van der Waals surface area contributed by atoms with Crippen LogP contribution in [0.25, 0.3) is 0 Å². The Morgan fingerprint density at radius 2 is 2.38 bits per heavy atom. The van der Waals surface area contributed by atoms with Gasteiger partial charge in [0.25, 0.3) is 0 Å². The molecule has 1 heterocycles. The van der Waals surface area contributed by atoms with Gasteiger partial charge in [0.1, 0.15) is 6.42 Å². The molecule has 1 amide bonds. The standard InChI is InChI=1S/C10H16N2O/c1-2-9-5-3-4-8-12(9)10(13)6-7-11/h9H,2-6,8H2,1H3. The maximum atomic E-state index is 11.5. The van der Waals surface area contributed by atoms with E-state index in [-0.39, 0.29) is 12.3 Å². The van der Waals surface area contributed by atoms with Gasteiger partial charge in [0.15, 0.2) is 0 Å². The Labute approximate surface area is 79.3 Å². The molecule has 0 aromatic rings. The minimum atomic E-state index is 0.00838. The van der Waals surface area contributed by atoms with Gasteiger partial charge in [0.05, 0.1) is 6.07 Å². The molecule has 0 aromatic heterocycles. The smallest absolute Gasteiger partial charge is 0.237 e. The Balaban J connectivity index is 2.54. The number of nitrogens with zero attached hydrogens (tertiary/aromatic N) is 2. The molecule has 0 aromatic carbocycles. The molecule has 0 aliphatic carbocycles. The lowest BCUT2D eigenvalue weighted by molar-refractivity contribution is -0.133. The second-order valence-electron chi connectivity index (χ2n) is 3.48. The molecule has 1 atom stereocenters. The summed E-state index contributed by atoms with van der Waals surface area (Å²) in [7, 11) is 0. The van der Waals surface area contributed by atoms with E-state index in [1.165, 1.54) is 6.42 Å². The largest absolute Gasteiger partial charge is 0.339 e. The van der Waals surface area contributed by atoms with Gasteiger partial charge in [-0.3, -0.25) is 4.79 Å². The van der Waals surface area contributed by atoms with E-state index in [4.69, 9.17) is 5.26 Å². The van der Waals surface area contributed by atoms with Crippen molar-refractivity contribution in [3.8, 4) is 6.07 Å². The van der Waals surface area contributed by atoms with Crippen LogP contribution in [0.3, 0.4) is 0 Å². The highest BCUT2D eigenvalue weighted by Crippen LogP contribution is 2.19. The molecule has 1 rings (SSSR count). The van der Waals surface area contributed by atoms with E-state index in [2.05, 4.69) is 6.92 Å². The fourth-order valence-corrected chi connectivity index (χ4v) is 1.92. The van der Waals surface area contributed by atoms with Crippen molar-refractivity contribution in [2.24, 2.45) is 0 Å². The van der Waals surface area contributed by atoms with Crippen molar-refractivity contribution in [3.05, 3.63) is 0 Å². The molecule has 72 valence electrons. The lowest BCUT2D eigenvalue weighted by Gasteiger charge is -2.34. The summed E-state index contributed by atoms with van der Waals surface area (Å²) in [5.74, 6) is 0.00838. The molecule has 0 N–H and O–H groups in total. The molecule has 1 aliphatic rings. The number of hydrogen-bond acceptors (Lipinski definition) is 2. The van der Waals surface area contributed by atoms with E-state index in [9.17, 15) is 4.79 Å². The highest BCUT2D eigenvalue weighted by Gasteiger charge is 2.24. The summed E-state index contributed by atoms with van der Waals surface area (Å²) in [4.78, 5) is 13.4. The lowest BCUT2D eigenvalue weighted by atomic mass is 10.00. The normalized spacial score (nSPS) is 22.5. The third-order valence-electron chi connectivity index (χ3n) is 2.65. The Morgan fingerprint density at radius 1 is 1.62 bits per heavy atom. The van der Waals surface area contributed by atoms with Crippen LogP contribution < -0.4 is 0 Å². The van der Waals surface area contributed by atoms with Crippen LogP contribution in [0.5, 0.6) is 0 Å². The molecule has 3 nitrogen and oxygen atoms in total. The summed E-state index contributed by atoms with van der Waals surface area (Å²) in [6.45, 7) is 2.95. The third kappa shape index (κ3) is 2.45. The van der Waals surface area contributed by atoms with Crippen molar-refractivity contribution in [1.82, 2.24) is 4.90 Å². The number of hydrogen-bond donors (Lipinski definition) is 0. The van der Waals surface area contributed by atoms with Gasteiger partial charge in [-0.2, -0.15) is 5.26 Å². The number of rotatable bonds is 2. The Kier molecular flexibility index (Phi) is 3.75. The molecule has 1 saturated heterocycles. The van der Waals surface area contributed by atoms with E-state index in [0.29, 0.717) is 6.04 Å². The quantitative estimate of drug-likeness (QED) is 0.649. The van der Waals surface area contributed by atoms with Crippen molar-refractivity contribution >= 4 is 5.91 Å². The number of amides is 1. The highest BCUT2D eigenvalue weighted by atomic mass is 16.2. The first-order valence-electron chi connectivity index (χ1n) is 4.96. The van der Waals surface area contributed by atoms with Crippen LogP contribution in [0.15, 0.2) is 0 Å². The fourth-order valence-electron chi connectivity index (χ4n) is 1.92. The van der Waals surface area contributed by atoms with Gasteiger partial charge in [0.2, 0.25) is 5.91 Å². The molecule has 3 heteroatoms. The zero-order valence-electron chi connectivity index (χ0n) is 8.12. The molecule has 0 spiro atoms. The summed E-state index contributed by atoms with van der Waals surface area (Å²) in [6, 6.07) is 2.30. The second-order valence-corrected chi connectivity index (χ2v) is 3.48. The van der Waals surface area contributed by atoms with Gasteiger partial charge >= 0.3 is 0 Å². The van der Waals surface area contributed by atoms with Crippen molar-refractivity contribution < 1.29 is 4.79 Å². The molecular formula is C10H16N2O. The number of carbonyl (C=O) groups excluding carboxylic acids is 1. The van der Waals surface area contributed by atoms with Gasteiger partial charge in [-0.05, 0) is 25.7 Å². The predicted octanol–water partition coefficient (Wildman–Crippen LogP) is 1.69. The molecule has 13 heavy (non-hydrogen) atoms. The van der Waals surface area contributed by atoms with Crippen LogP contribution in [0, 0.1) is 11.3 Å². The number of piperidine rings is 1. The van der Waals surface area contributed by atoms with Crippen molar-refractivity contribution in [3.63, 3.8) is 0 Å². The molecule has 0 bridgehead atoms. The van der Waals surface area contributed by atoms with Crippen molar-refractivity contribution in [2.45, 2.75) is 45.1 Å². The third-order valence-corrected chi connectivity index (χ3v) is 2.65. The number of nitriles is 1. The van der Waals surface area contributed by atoms with Gasteiger partial charge < -0.3 is 4.90 Å². The van der Waals surface area contributed by atoms with E-state index >= 15 is 0 Å². The molecule has 1 fully saturated rings. The maximum absolute atomic E-state index is 11.5. The summed E-state index contributed by atoms with van der Waals surface area (Å²) < 4.78 is 0. The average Bonchev–Trinajstić information content (AvgIpc) is 2.18. The van der Waals surface area contributed by atoms with Crippen LogP contribution >= 0.6 is 0 Å². The van der Waals surface area contributed by atoms with E-state index < -0.39 is 0 Å². The molecule has 1 unspecified atom stereocenters. The first-order chi connectivity index (χ1) is 6.29. The number of carbonyl (C=O) groups is 1. The summed E-state index contributed by atoms with van der Waals surface area (Å²) in [5.41, 5.74) is 0. The van der Waals surface area contributed by atoms with Crippen LogP contribution in [0.4, 0.5) is 0 Å². The van der Waals surface area contributed by atoms with E-state index in [1.54, 1.807) is 0 Å². The van der Waals surface area contributed by atoms with E-state index in [0.717, 1.165) is 25.8 Å². The molecular weight excluding hydrogens is 164 g/mol. The van der Waals surface area contributed by atoms with Gasteiger partial charge in [-0.1, -0.05) is 6.92 Å². The first kappa shape index (κ1) is 10.0. The highest BCUT2D eigenvalue weighted by molar-refractivity contribution is 5.78. The lowest BCUT2D eigenvalue weighted by Crippen LogP contribution is -2.43. The molecule has 0 saturated carbocycles. The van der Waals surface area contributed by atoms with Crippen LogP contribution in [0.1, 0.15) is 39.0 Å². The van der Waals surface area contributed by atoms with Crippen LogP contribution in [-0.2, 0) is 4.79 Å². The Bertz CT molecular complexity index is 219. The molecule has 0 radical (unpaired) electrons. The van der Waals surface area contributed by atoms with Crippen molar-refractivity contribution in [1.29, 1.82) is 5.26 Å². The minimum Gasteiger partial charge on any atom is -0.339 e. The summed E-state index contributed by atoms with van der Waals surface area (Å²) in [5, 5.41) is 8.43. The van der Waals surface area contributed by atoms with Crippen LogP contribution in [0.2, 0.25) is 0 Å². The Hall–Kier alpha value is -1.04. The second kappa shape index (κ2) is 4.86. The average molecular weight is 180 g/mol. The zero-order chi connectivity index (χ0) is 9.68. The molecule has 1 aliphatic heterocycles. The zero-order valence-corrected chi connectivity index (χ0v) is 8.12. The topological polar surface area (TPSA) is 44.1 Å². The fraction of sp³-hybridized carbons (Fsp3) is 0.800. The first-order valence-corrected chi connectivity index (χ1v) is 4.96. The number of likely N-dealkylation sites (tertiary alicyclic amines) is 1. The van der Waals surface area contributed by atoms with E-state index in [1.807, 2.05) is 11.0 Å². The minimum absolute atomic E-state index is 0.00838.